The van der Waals surface area contributed by atoms with Crippen molar-refractivity contribution in [2.24, 2.45) is 0 Å². The second-order valence-corrected chi connectivity index (χ2v) is 5.98. The van der Waals surface area contributed by atoms with Gasteiger partial charge in [-0.25, -0.2) is 4.39 Å². The van der Waals surface area contributed by atoms with E-state index in [1.165, 1.54) is 17.2 Å². The van der Waals surface area contributed by atoms with Crippen LogP contribution < -0.4 is 5.32 Å². The van der Waals surface area contributed by atoms with Crippen LogP contribution in [0.15, 0.2) is 42.5 Å². The summed E-state index contributed by atoms with van der Waals surface area (Å²) in [4.78, 5) is 12.2. The molecular weight excluding hydrogens is 289 g/mol. The van der Waals surface area contributed by atoms with E-state index in [0.717, 1.165) is 12.0 Å². The Kier molecular flexibility index (Phi) is 5.91. The van der Waals surface area contributed by atoms with Crippen molar-refractivity contribution >= 4 is 5.91 Å². The number of amides is 1. The van der Waals surface area contributed by atoms with Gasteiger partial charge in [-0.05, 0) is 49.4 Å². The van der Waals surface area contributed by atoms with E-state index in [9.17, 15) is 9.18 Å². The quantitative estimate of drug-likeness (QED) is 0.827. The van der Waals surface area contributed by atoms with Crippen LogP contribution in [-0.4, -0.2) is 5.91 Å². The fraction of sp³-hybridized carbons (Fsp3) is 0.350. The molecule has 2 nitrogen and oxygen atoms in total. The lowest BCUT2D eigenvalue weighted by atomic mass is 9.97. The lowest BCUT2D eigenvalue weighted by Crippen LogP contribution is -2.28. The summed E-state index contributed by atoms with van der Waals surface area (Å²) in [6.45, 7) is 6.18. The predicted molar refractivity (Wildman–Crippen MR) is 91.8 cm³/mol. The summed E-state index contributed by atoms with van der Waals surface area (Å²) < 4.78 is 13.6. The highest BCUT2D eigenvalue weighted by Crippen LogP contribution is 2.22. The van der Waals surface area contributed by atoms with Crippen LogP contribution in [0.3, 0.4) is 0 Å². The van der Waals surface area contributed by atoms with E-state index in [1.54, 1.807) is 18.2 Å². The molecule has 0 aliphatic heterocycles. The van der Waals surface area contributed by atoms with E-state index in [1.807, 2.05) is 0 Å². The van der Waals surface area contributed by atoms with Crippen LogP contribution >= 0.6 is 0 Å². The molecule has 0 fully saturated rings. The molecule has 3 heteroatoms. The normalized spacial score (nSPS) is 12.0. The fourth-order valence-electron chi connectivity index (χ4n) is 2.83. The second kappa shape index (κ2) is 7.91. The molecule has 0 heterocycles. The molecule has 0 bridgehead atoms. The molecule has 0 unspecified atom stereocenters. The molecule has 0 saturated carbocycles. The largest absolute Gasteiger partial charge is 0.349 e. The van der Waals surface area contributed by atoms with Gasteiger partial charge in [0.2, 0.25) is 5.91 Å². The van der Waals surface area contributed by atoms with Crippen molar-refractivity contribution in [1.82, 2.24) is 5.32 Å². The van der Waals surface area contributed by atoms with Crippen LogP contribution in [-0.2, 0) is 11.2 Å². The minimum atomic E-state index is -0.248. The van der Waals surface area contributed by atoms with E-state index in [-0.39, 0.29) is 17.8 Å². The summed E-state index contributed by atoms with van der Waals surface area (Å²) in [7, 11) is 0. The Labute approximate surface area is 137 Å². The average molecular weight is 313 g/mol. The van der Waals surface area contributed by atoms with Crippen LogP contribution in [0.4, 0.5) is 4.39 Å². The van der Waals surface area contributed by atoms with Crippen LogP contribution in [0.2, 0.25) is 0 Å². The van der Waals surface area contributed by atoms with Gasteiger partial charge in [-0.1, -0.05) is 48.9 Å². The van der Waals surface area contributed by atoms with Crippen molar-refractivity contribution in [3.63, 3.8) is 0 Å². The van der Waals surface area contributed by atoms with Crippen LogP contribution in [0.25, 0.3) is 0 Å². The molecule has 0 spiro atoms. The zero-order chi connectivity index (χ0) is 16.8. The molecule has 0 radical (unpaired) electrons. The molecule has 122 valence electrons. The Morgan fingerprint density at radius 3 is 2.57 bits per heavy atom. The van der Waals surface area contributed by atoms with Crippen LogP contribution in [0.1, 0.15) is 48.1 Å². The van der Waals surface area contributed by atoms with E-state index >= 15 is 0 Å². The third kappa shape index (κ3) is 4.65. The van der Waals surface area contributed by atoms with Crippen molar-refractivity contribution in [1.29, 1.82) is 0 Å². The number of carbonyl (C=O) groups is 1. The van der Waals surface area contributed by atoms with E-state index < -0.39 is 0 Å². The molecule has 0 aliphatic carbocycles. The van der Waals surface area contributed by atoms with Gasteiger partial charge >= 0.3 is 0 Å². The molecule has 1 amide bonds. The molecule has 1 atom stereocenters. The molecule has 0 saturated heterocycles. The molecule has 2 aromatic carbocycles. The first-order valence-electron chi connectivity index (χ1n) is 8.11. The van der Waals surface area contributed by atoms with Gasteiger partial charge < -0.3 is 5.32 Å². The summed E-state index contributed by atoms with van der Waals surface area (Å²) in [6, 6.07) is 12.9. The molecule has 2 rings (SSSR count). The Morgan fingerprint density at radius 1 is 1.17 bits per heavy atom. The zero-order valence-electron chi connectivity index (χ0n) is 14.0. The highest BCUT2D eigenvalue weighted by Gasteiger charge is 2.15. The summed E-state index contributed by atoms with van der Waals surface area (Å²) in [6.07, 6.45) is 1.54. The monoisotopic (exact) mass is 313 g/mol. The van der Waals surface area contributed by atoms with Gasteiger partial charge in [-0.3, -0.25) is 4.79 Å². The van der Waals surface area contributed by atoms with E-state index in [2.05, 4.69) is 44.3 Å². The SMILES string of the molecule is CC[C@@H](NC(=O)CCc1ccccc1F)c1ccc(C)cc1C. The Bertz CT molecular complexity index is 681. The summed E-state index contributed by atoms with van der Waals surface area (Å²) >= 11 is 0. The Morgan fingerprint density at radius 2 is 1.91 bits per heavy atom. The lowest BCUT2D eigenvalue weighted by Gasteiger charge is -2.20. The Hall–Kier alpha value is -2.16. The number of halogens is 1. The second-order valence-electron chi connectivity index (χ2n) is 5.98. The highest BCUT2D eigenvalue weighted by molar-refractivity contribution is 5.76. The van der Waals surface area contributed by atoms with E-state index in [4.69, 9.17) is 0 Å². The van der Waals surface area contributed by atoms with Crippen molar-refractivity contribution in [3.05, 3.63) is 70.5 Å². The molecule has 23 heavy (non-hydrogen) atoms. The van der Waals surface area contributed by atoms with Crippen LogP contribution in [0.5, 0.6) is 0 Å². The predicted octanol–water partition coefficient (Wildman–Crippen LogP) is 4.64. The third-order valence-electron chi connectivity index (χ3n) is 4.12. The first-order chi connectivity index (χ1) is 11.0. The van der Waals surface area contributed by atoms with Gasteiger partial charge in [0.05, 0.1) is 6.04 Å². The minimum absolute atomic E-state index is 0.00344. The van der Waals surface area contributed by atoms with Gasteiger partial charge in [0.15, 0.2) is 0 Å². The molecule has 0 aromatic heterocycles. The van der Waals surface area contributed by atoms with Gasteiger partial charge in [-0.2, -0.15) is 0 Å². The first kappa shape index (κ1) is 17.2. The molecule has 1 N–H and O–H groups in total. The standard InChI is InChI=1S/C20H24FNO/c1-4-19(17-11-9-14(2)13-15(17)3)22-20(23)12-10-16-7-5-6-8-18(16)21/h5-9,11,13,19H,4,10,12H2,1-3H3,(H,22,23)/t19-/m1/s1. The summed E-state index contributed by atoms with van der Waals surface area (Å²) in [5.41, 5.74) is 4.14. The number of aryl methyl sites for hydroxylation is 3. The molecular formula is C20H24FNO. The maximum Gasteiger partial charge on any atom is 0.220 e. The van der Waals surface area contributed by atoms with Crippen molar-refractivity contribution in [2.45, 2.75) is 46.1 Å². The maximum atomic E-state index is 13.6. The summed E-state index contributed by atoms with van der Waals surface area (Å²) in [5.74, 6) is -0.290. The topological polar surface area (TPSA) is 29.1 Å². The highest BCUT2D eigenvalue weighted by atomic mass is 19.1. The third-order valence-corrected chi connectivity index (χ3v) is 4.12. The fourth-order valence-corrected chi connectivity index (χ4v) is 2.83. The van der Waals surface area contributed by atoms with Crippen molar-refractivity contribution < 1.29 is 9.18 Å². The van der Waals surface area contributed by atoms with Gasteiger partial charge in [0.25, 0.3) is 0 Å². The van der Waals surface area contributed by atoms with Crippen LogP contribution in [0, 0.1) is 19.7 Å². The molecule has 0 aliphatic rings. The van der Waals surface area contributed by atoms with Crippen molar-refractivity contribution in [3.8, 4) is 0 Å². The Balaban J connectivity index is 1.98. The summed E-state index contributed by atoms with van der Waals surface area (Å²) in [5, 5.41) is 3.07. The maximum absolute atomic E-state index is 13.6. The van der Waals surface area contributed by atoms with Gasteiger partial charge in [0.1, 0.15) is 5.82 Å². The number of nitrogens with one attached hydrogen (secondary N) is 1. The van der Waals surface area contributed by atoms with Crippen molar-refractivity contribution in [2.75, 3.05) is 0 Å². The lowest BCUT2D eigenvalue weighted by molar-refractivity contribution is -0.121. The number of rotatable bonds is 6. The zero-order valence-corrected chi connectivity index (χ0v) is 14.0. The smallest absolute Gasteiger partial charge is 0.220 e. The molecule has 2 aromatic rings. The number of carbonyl (C=O) groups excluding carboxylic acids is 1. The minimum Gasteiger partial charge on any atom is -0.349 e. The average Bonchev–Trinajstić information content (AvgIpc) is 2.52. The van der Waals surface area contributed by atoms with Gasteiger partial charge in [0, 0.05) is 6.42 Å². The first-order valence-corrected chi connectivity index (χ1v) is 8.11. The van der Waals surface area contributed by atoms with Gasteiger partial charge in [-0.15, -0.1) is 0 Å². The number of hydrogen-bond acceptors (Lipinski definition) is 1. The number of hydrogen-bond donors (Lipinski definition) is 1. The van der Waals surface area contributed by atoms with E-state index in [0.29, 0.717) is 18.4 Å². The number of benzene rings is 2.